The molecular formula is C33H36N6O. The Morgan fingerprint density at radius 3 is 2.60 bits per heavy atom. The van der Waals surface area contributed by atoms with Gasteiger partial charge in [-0.1, -0.05) is 12.1 Å². The fraction of sp³-hybridized carbons (Fsp3) is 0.485. The van der Waals surface area contributed by atoms with Gasteiger partial charge in [0.15, 0.2) is 0 Å². The molecule has 0 saturated heterocycles. The molecule has 3 aliphatic carbocycles. The van der Waals surface area contributed by atoms with Crippen LogP contribution in [-0.4, -0.2) is 32.9 Å². The van der Waals surface area contributed by atoms with Crippen LogP contribution in [0.3, 0.4) is 0 Å². The fourth-order valence-electron chi connectivity index (χ4n) is 8.16. The van der Waals surface area contributed by atoms with Gasteiger partial charge in [-0.2, -0.15) is 20.6 Å². The number of carbonyl (C=O) groups is 1. The predicted octanol–water partition coefficient (Wildman–Crippen LogP) is 6.66. The second-order valence-electron chi connectivity index (χ2n) is 12.6. The Morgan fingerprint density at radius 2 is 1.88 bits per heavy atom. The monoisotopic (exact) mass is 532 g/mol. The van der Waals surface area contributed by atoms with E-state index < -0.39 is 0 Å². The van der Waals surface area contributed by atoms with Gasteiger partial charge >= 0.3 is 0 Å². The van der Waals surface area contributed by atoms with Crippen LogP contribution in [0.2, 0.25) is 0 Å². The van der Waals surface area contributed by atoms with Crippen molar-refractivity contribution in [2.75, 3.05) is 5.32 Å². The quantitative estimate of drug-likeness (QED) is 0.384. The summed E-state index contributed by atoms with van der Waals surface area (Å²) < 4.78 is 1.88. The highest BCUT2D eigenvalue weighted by Crippen LogP contribution is 2.55. The Hall–Kier alpha value is -3.79. The summed E-state index contributed by atoms with van der Waals surface area (Å²) in [6.45, 7) is 4.30. The zero-order valence-electron chi connectivity index (χ0n) is 23.3. The number of nitrogens with zero attached hydrogens (tertiary/aromatic N) is 5. The lowest BCUT2D eigenvalue weighted by Crippen LogP contribution is -2.36. The maximum Gasteiger partial charge on any atom is 0.136 e. The summed E-state index contributed by atoms with van der Waals surface area (Å²) in [4.78, 5) is 12.6. The van der Waals surface area contributed by atoms with E-state index in [0.29, 0.717) is 40.9 Å². The normalized spacial score (nSPS) is 27.8. The predicted molar refractivity (Wildman–Crippen MR) is 157 cm³/mol. The van der Waals surface area contributed by atoms with E-state index in [4.69, 9.17) is 10.2 Å². The van der Waals surface area contributed by atoms with Crippen molar-refractivity contribution >= 4 is 28.4 Å². The van der Waals surface area contributed by atoms with Gasteiger partial charge in [0.2, 0.25) is 0 Å². The highest BCUT2D eigenvalue weighted by molar-refractivity contribution is 6.18. The maximum absolute atomic E-state index is 12.6. The third-order valence-electron chi connectivity index (χ3n) is 9.81. The molecule has 1 N–H and O–H groups in total. The van der Waals surface area contributed by atoms with Crippen molar-refractivity contribution in [3.05, 3.63) is 53.7 Å². The molecule has 1 aliphatic heterocycles. The molecule has 3 aromatic rings. The number of ketones is 1. The van der Waals surface area contributed by atoms with Gasteiger partial charge in [0.25, 0.3) is 0 Å². The van der Waals surface area contributed by atoms with E-state index >= 15 is 0 Å². The number of hydrogen-bond acceptors (Lipinski definition) is 6. The van der Waals surface area contributed by atoms with E-state index in [1.165, 1.54) is 31.4 Å². The van der Waals surface area contributed by atoms with Crippen molar-refractivity contribution in [1.29, 1.82) is 5.26 Å². The Balaban J connectivity index is 1.11. The molecule has 3 unspecified atom stereocenters. The first-order valence-corrected chi connectivity index (χ1v) is 14.9. The van der Waals surface area contributed by atoms with Crippen LogP contribution in [0.1, 0.15) is 76.3 Å². The highest BCUT2D eigenvalue weighted by Gasteiger charge is 2.49. The van der Waals surface area contributed by atoms with E-state index in [2.05, 4.69) is 54.6 Å². The summed E-state index contributed by atoms with van der Waals surface area (Å²) in [5.74, 6) is 3.33. The Kier molecular flexibility index (Phi) is 6.30. The number of hydrogen-bond donors (Lipinski definition) is 1. The van der Waals surface area contributed by atoms with Crippen LogP contribution in [-0.2, 0) is 4.79 Å². The Labute approximate surface area is 235 Å². The van der Waals surface area contributed by atoms with Gasteiger partial charge in [-0.05, 0) is 94.4 Å². The molecule has 3 fully saturated rings. The van der Waals surface area contributed by atoms with Crippen LogP contribution in [0, 0.1) is 40.9 Å². The van der Waals surface area contributed by atoms with Crippen LogP contribution in [0.25, 0.3) is 16.8 Å². The molecule has 3 saturated carbocycles. The first kappa shape index (κ1) is 25.2. The second-order valence-corrected chi connectivity index (χ2v) is 12.6. The molecule has 40 heavy (non-hydrogen) atoms. The van der Waals surface area contributed by atoms with Crippen LogP contribution in [0.4, 0.5) is 5.69 Å². The number of carbonyl (C=O) groups excluding carboxylic acids is 1. The third kappa shape index (κ3) is 4.34. The fourth-order valence-corrected chi connectivity index (χ4v) is 8.16. The lowest BCUT2D eigenvalue weighted by molar-refractivity contribution is -0.123. The molecule has 4 aliphatic rings. The first-order valence-electron chi connectivity index (χ1n) is 14.9. The lowest BCUT2D eigenvalue weighted by atomic mass is 9.66. The molecule has 7 nitrogen and oxygen atoms in total. The molecule has 2 bridgehead atoms. The molecule has 0 spiro atoms. The molecule has 7 heteroatoms. The largest absolute Gasteiger partial charge is 0.382 e. The number of benzene rings is 1. The standard InChI is InChI=1S/C33H36N6O/c1-19(2)36-29-15-21(31-11-9-25-12-20(17-34)18-35-39(25)31)8-10-26(29)30-16-28(37-38-30)24-13-22-6-7-23(14-24)33(22)27-4-3-5-32(27)40/h8-12,15,18-19,22-24,27,33,36H,3-7,13-14,16H2,1-2H3/t22-,23+,24?,27?,33?. The van der Waals surface area contributed by atoms with Crippen molar-refractivity contribution in [3.8, 4) is 17.3 Å². The van der Waals surface area contributed by atoms with E-state index in [0.717, 1.165) is 59.4 Å². The van der Waals surface area contributed by atoms with Gasteiger partial charge in [0.05, 0.1) is 28.7 Å². The summed E-state index contributed by atoms with van der Waals surface area (Å²) in [5.41, 5.74) is 7.91. The van der Waals surface area contributed by atoms with Gasteiger partial charge in [-0.15, -0.1) is 0 Å². The summed E-state index contributed by atoms with van der Waals surface area (Å²) in [6, 6.07) is 14.8. The van der Waals surface area contributed by atoms with Crippen molar-refractivity contribution < 1.29 is 4.79 Å². The number of fused-ring (bicyclic) bond motifs is 3. The molecule has 0 amide bonds. The molecule has 5 atom stereocenters. The van der Waals surface area contributed by atoms with Gasteiger partial charge in [-0.25, -0.2) is 4.52 Å². The lowest BCUT2D eigenvalue weighted by Gasteiger charge is -2.38. The number of anilines is 1. The number of aromatic nitrogens is 2. The number of rotatable bonds is 6. The molecule has 1 aromatic carbocycles. The average Bonchev–Trinajstić information content (AvgIpc) is 3.73. The molecular weight excluding hydrogens is 496 g/mol. The maximum atomic E-state index is 12.6. The van der Waals surface area contributed by atoms with Crippen molar-refractivity contribution in [1.82, 2.24) is 9.61 Å². The zero-order valence-corrected chi connectivity index (χ0v) is 23.3. The Bertz CT molecular complexity index is 1580. The highest BCUT2D eigenvalue weighted by atomic mass is 16.1. The second kappa shape index (κ2) is 9.99. The van der Waals surface area contributed by atoms with Crippen molar-refractivity contribution in [3.63, 3.8) is 0 Å². The minimum absolute atomic E-state index is 0.265. The first-order chi connectivity index (χ1) is 19.5. The summed E-state index contributed by atoms with van der Waals surface area (Å²) >= 11 is 0. The van der Waals surface area contributed by atoms with Crippen molar-refractivity contribution in [2.45, 2.75) is 71.3 Å². The van der Waals surface area contributed by atoms with Gasteiger partial charge < -0.3 is 5.32 Å². The molecule has 2 aromatic heterocycles. The smallest absolute Gasteiger partial charge is 0.136 e. The van der Waals surface area contributed by atoms with Crippen LogP contribution >= 0.6 is 0 Å². The number of Topliss-reactive ketones (excluding diaryl/α,β-unsaturated/α-hetero) is 1. The van der Waals surface area contributed by atoms with E-state index in [1.807, 2.05) is 16.6 Å². The average molecular weight is 533 g/mol. The van der Waals surface area contributed by atoms with Gasteiger partial charge in [0, 0.05) is 53.2 Å². The molecule has 3 heterocycles. The zero-order chi connectivity index (χ0) is 27.4. The number of nitriles is 1. The van der Waals surface area contributed by atoms with Gasteiger partial charge in [-0.3, -0.25) is 4.79 Å². The summed E-state index contributed by atoms with van der Waals surface area (Å²) in [7, 11) is 0. The van der Waals surface area contributed by atoms with Crippen LogP contribution < -0.4 is 5.32 Å². The molecule has 204 valence electrons. The van der Waals surface area contributed by atoms with Crippen LogP contribution in [0.15, 0.2) is 52.8 Å². The topological polar surface area (TPSA) is 94.9 Å². The Morgan fingerprint density at radius 1 is 1.05 bits per heavy atom. The van der Waals surface area contributed by atoms with E-state index in [-0.39, 0.29) is 6.04 Å². The minimum Gasteiger partial charge on any atom is -0.382 e. The van der Waals surface area contributed by atoms with Crippen LogP contribution in [0.5, 0.6) is 0 Å². The summed E-state index contributed by atoms with van der Waals surface area (Å²) in [6.07, 6.45) is 10.3. The van der Waals surface area contributed by atoms with E-state index in [1.54, 1.807) is 6.20 Å². The summed E-state index contributed by atoms with van der Waals surface area (Å²) in [5, 5.41) is 26.9. The van der Waals surface area contributed by atoms with Gasteiger partial charge in [0.1, 0.15) is 11.9 Å². The molecule has 0 radical (unpaired) electrons. The third-order valence-corrected chi connectivity index (χ3v) is 9.81. The number of nitrogens with one attached hydrogen (secondary N) is 1. The minimum atomic E-state index is 0.265. The van der Waals surface area contributed by atoms with Crippen molar-refractivity contribution in [2.24, 2.45) is 39.8 Å². The van der Waals surface area contributed by atoms with E-state index in [9.17, 15) is 10.1 Å². The molecule has 7 rings (SSSR count). The SMILES string of the molecule is CC(C)Nc1cc(-c2ccc3cc(C#N)cnn23)ccc1C1=NN=C(C2C[C@H]3CC[C@@H](C2)C3C2CCCC2=O)C1.